The van der Waals surface area contributed by atoms with Crippen LogP contribution in [0.4, 0.5) is 0 Å². The molecule has 1 fully saturated rings. The number of rotatable bonds is 6. The van der Waals surface area contributed by atoms with Gasteiger partial charge in [0.1, 0.15) is 23.7 Å². The Bertz CT molecular complexity index is 762. The van der Waals surface area contributed by atoms with Gasteiger partial charge in [0.2, 0.25) is 5.88 Å². The summed E-state index contributed by atoms with van der Waals surface area (Å²) in [6.07, 6.45) is 1.37. The Morgan fingerprint density at radius 2 is 1.96 bits per heavy atom. The van der Waals surface area contributed by atoms with Gasteiger partial charge in [-0.05, 0) is 30.3 Å². The maximum atomic E-state index is 12.1. The molecule has 0 unspecified atom stereocenters. The lowest BCUT2D eigenvalue weighted by Crippen LogP contribution is -2.57. The normalized spacial score (nSPS) is 13.5. The molecule has 0 atom stereocenters. The Labute approximate surface area is 145 Å². The molecule has 1 aromatic heterocycles. The topological polar surface area (TPSA) is 84.7 Å². The lowest BCUT2D eigenvalue weighted by molar-refractivity contribution is -0.142. The molecule has 128 valence electrons. The summed E-state index contributed by atoms with van der Waals surface area (Å²) in [6, 6.07) is 12.4. The van der Waals surface area contributed by atoms with Crippen molar-refractivity contribution in [2.75, 3.05) is 26.8 Å². The number of carbonyl (C=O) groups is 1. The van der Waals surface area contributed by atoms with Crippen LogP contribution in [0.3, 0.4) is 0 Å². The molecule has 0 N–H and O–H groups in total. The number of nitriles is 1. The van der Waals surface area contributed by atoms with Crippen molar-refractivity contribution in [3.8, 4) is 23.4 Å². The Kier molecular flexibility index (Phi) is 5.00. The quantitative estimate of drug-likeness (QED) is 0.795. The van der Waals surface area contributed by atoms with Gasteiger partial charge < -0.3 is 19.1 Å². The number of pyridine rings is 1. The summed E-state index contributed by atoms with van der Waals surface area (Å²) in [5.74, 6) is 1.70. The highest BCUT2D eigenvalue weighted by Gasteiger charge is 2.32. The molecule has 2 aromatic rings. The second kappa shape index (κ2) is 7.53. The summed E-state index contributed by atoms with van der Waals surface area (Å²) in [6.45, 7) is 0.965. The van der Waals surface area contributed by atoms with E-state index in [1.165, 1.54) is 6.20 Å². The summed E-state index contributed by atoms with van der Waals surface area (Å²) >= 11 is 0. The number of benzene rings is 1. The molecule has 0 aliphatic carbocycles. The minimum absolute atomic E-state index is 0.0197. The predicted molar refractivity (Wildman–Crippen MR) is 88.4 cm³/mol. The molecule has 1 aromatic carbocycles. The van der Waals surface area contributed by atoms with Crippen LogP contribution in [0, 0.1) is 11.3 Å². The van der Waals surface area contributed by atoms with Gasteiger partial charge in [-0.25, -0.2) is 4.98 Å². The minimum atomic E-state index is -0.0940. The lowest BCUT2D eigenvalue weighted by atomic mass is 10.1. The maximum Gasteiger partial charge on any atom is 0.260 e. The fraction of sp³-hybridized carbons (Fsp3) is 0.278. The summed E-state index contributed by atoms with van der Waals surface area (Å²) in [7, 11) is 1.59. The average molecular weight is 339 g/mol. The molecule has 7 heteroatoms. The van der Waals surface area contributed by atoms with Crippen LogP contribution >= 0.6 is 0 Å². The highest BCUT2D eigenvalue weighted by molar-refractivity contribution is 5.78. The van der Waals surface area contributed by atoms with Crippen molar-refractivity contribution in [2.24, 2.45) is 0 Å². The summed E-state index contributed by atoms with van der Waals surface area (Å²) < 4.78 is 16.2. The van der Waals surface area contributed by atoms with E-state index < -0.39 is 0 Å². The zero-order valence-corrected chi connectivity index (χ0v) is 13.7. The average Bonchev–Trinajstić information content (AvgIpc) is 2.63. The Hall–Kier alpha value is -3.27. The van der Waals surface area contributed by atoms with Crippen molar-refractivity contribution >= 4 is 5.91 Å². The molecule has 0 radical (unpaired) electrons. The zero-order valence-electron chi connectivity index (χ0n) is 13.7. The molecule has 0 saturated carbocycles. The number of aromatic nitrogens is 1. The van der Waals surface area contributed by atoms with Crippen LogP contribution < -0.4 is 14.2 Å². The van der Waals surface area contributed by atoms with E-state index in [1.807, 2.05) is 6.07 Å². The lowest BCUT2D eigenvalue weighted by Gasteiger charge is -2.38. The number of likely N-dealkylation sites (tertiary alicyclic amines) is 1. The summed E-state index contributed by atoms with van der Waals surface area (Å²) in [4.78, 5) is 17.8. The molecule has 1 amide bonds. The third-order valence-corrected chi connectivity index (χ3v) is 3.78. The van der Waals surface area contributed by atoms with Gasteiger partial charge >= 0.3 is 0 Å². The van der Waals surface area contributed by atoms with E-state index in [9.17, 15) is 4.79 Å². The van der Waals surface area contributed by atoms with Crippen LogP contribution in [0.1, 0.15) is 5.56 Å². The number of hydrogen-bond donors (Lipinski definition) is 0. The van der Waals surface area contributed by atoms with Gasteiger partial charge in [0.15, 0.2) is 6.61 Å². The molecule has 0 bridgehead atoms. The molecule has 2 heterocycles. The Balaban J connectivity index is 1.40. The first-order chi connectivity index (χ1) is 12.2. The van der Waals surface area contributed by atoms with E-state index in [4.69, 9.17) is 19.5 Å². The number of nitrogens with zero attached hydrogens (tertiary/aromatic N) is 3. The zero-order chi connectivity index (χ0) is 17.6. The summed E-state index contributed by atoms with van der Waals surface area (Å²) in [5, 5.41) is 8.73. The second-order valence-corrected chi connectivity index (χ2v) is 5.50. The smallest absolute Gasteiger partial charge is 0.260 e. The maximum absolute atomic E-state index is 12.1. The highest BCUT2D eigenvalue weighted by atomic mass is 16.5. The molecule has 0 spiro atoms. The molecule has 1 aliphatic heterocycles. The van der Waals surface area contributed by atoms with E-state index >= 15 is 0 Å². The van der Waals surface area contributed by atoms with Crippen molar-refractivity contribution in [3.63, 3.8) is 0 Å². The van der Waals surface area contributed by atoms with E-state index in [2.05, 4.69) is 4.98 Å². The fourth-order valence-corrected chi connectivity index (χ4v) is 2.31. The molecule has 3 rings (SSSR count). The second-order valence-electron chi connectivity index (χ2n) is 5.50. The van der Waals surface area contributed by atoms with Crippen LogP contribution in [0.2, 0.25) is 0 Å². The number of ether oxygens (including phenoxy) is 3. The van der Waals surface area contributed by atoms with Crippen molar-refractivity contribution < 1.29 is 19.0 Å². The van der Waals surface area contributed by atoms with Crippen molar-refractivity contribution in [3.05, 3.63) is 48.2 Å². The van der Waals surface area contributed by atoms with Crippen LogP contribution in [-0.2, 0) is 4.79 Å². The van der Waals surface area contributed by atoms with Crippen LogP contribution in [-0.4, -0.2) is 48.7 Å². The van der Waals surface area contributed by atoms with Gasteiger partial charge in [0, 0.05) is 12.3 Å². The number of methoxy groups -OCH3 is 1. The Morgan fingerprint density at radius 3 is 2.56 bits per heavy atom. The van der Waals surface area contributed by atoms with E-state index in [-0.39, 0.29) is 18.6 Å². The fourth-order valence-electron chi connectivity index (χ4n) is 2.31. The summed E-state index contributed by atoms with van der Waals surface area (Å²) in [5.41, 5.74) is 0.480. The number of amides is 1. The molecular formula is C18H17N3O4. The first-order valence-corrected chi connectivity index (χ1v) is 7.75. The van der Waals surface area contributed by atoms with E-state index in [0.29, 0.717) is 30.3 Å². The highest BCUT2D eigenvalue weighted by Crippen LogP contribution is 2.19. The third-order valence-electron chi connectivity index (χ3n) is 3.78. The standard InChI is InChI=1S/C18H17N3O4/c1-23-14-3-5-15(6-4-14)24-12-18(22)21-10-16(11-21)25-17-7-2-13(8-19)9-20-17/h2-7,9,16H,10-12H2,1H3. The first-order valence-electron chi connectivity index (χ1n) is 7.75. The van der Waals surface area contributed by atoms with Gasteiger partial charge in [0.25, 0.3) is 5.91 Å². The van der Waals surface area contributed by atoms with E-state index in [1.54, 1.807) is 48.4 Å². The van der Waals surface area contributed by atoms with Gasteiger partial charge in [-0.15, -0.1) is 0 Å². The molecule has 25 heavy (non-hydrogen) atoms. The predicted octanol–water partition coefficient (Wildman–Crippen LogP) is 1.63. The van der Waals surface area contributed by atoms with Gasteiger partial charge in [-0.2, -0.15) is 5.26 Å². The van der Waals surface area contributed by atoms with Crippen molar-refractivity contribution in [1.82, 2.24) is 9.88 Å². The largest absolute Gasteiger partial charge is 0.497 e. The van der Waals surface area contributed by atoms with Crippen molar-refractivity contribution in [1.29, 1.82) is 5.26 Å². The minimum Gasteiger partial charge on any atom is -0.497 e. The van der Waals surface area contributed by atoms with Crippen LogP contribution in [0.15, 0.2) is 42.6 Å². The van der Waals surface area contributed by atoms with Crippen LogP contribution in [0.25, 0.3) is 0 Å². The monoisotopic (exact) mass is 339 g/mol. The molecular weight excluding hydrogens is 322 g/mol. The van der Waals surface area contributed by atoms with Gasteiger partial charge in [-0.1, -0.05) is 0 Å². The van der Waals surface area contributed by atoms with Gasteiger partial charge in [-0.3, -0.25) is 4.79 Å². The first kappa shape index (κ1) is 16.6. The van der Waals surface area contributed by atoms with Crippen LogP contribution in [0.5, 0.6) is 17.4 Å². The van der Waals surface area contributed by atoms with E-state index in [0.717, 1.165) is 5.75 Å². The van der Waals surface area contributed by atoms with Crippen molar-refractivity contribution in [2.45, 2.75) is 6.10 Å². The third kappa shape index (κ3) is 4.18. The molecule has 1 saturated heterocycles. The molecule has 1 aliphatic rings. The number of carbonyl (C=O) groups excluding carboxylic acids is 1. The van der Waals surface area contributed by atoms with Gasteiger partial charge in [0.05, 0.1) is 25.8 Å². The molecule has 7 nitrogen and oxygen atoms in total. The number of hydrogen-bond acceptors (Lipinski definition) is 6. The SMILES string of the molecule is COc1ccc(OCC(=O)N2CC(Oc3ccc(C#N)cn3)C2)cc1. The Morgan fingerprint density at radius 1 is 1.24 bits per heavy atom.